The summed E-state index contributed by atoms with van der Waals surface area (Å²) >= 11 is 0.772. The van der Waals surface area contributed by atoms with Crippen molar-refractivity contribution in [3.05, 3.63) is 41.0 Å². The van der Waals surface area contributed by atoms with E-state index >= 15 is 0 Å². The van der Waals surface area contributed by atoms with Crippen LogP contribution in [0.2, 0.25) is 0 Å². The minimum Gasteiger partial charge on any atom is -0.282 e. The third kappa shape index (κ3) is 3.42. The molecule has 0 saturated carbocycles. The number of nitrogens with one attached hydrogen (secondary N) is 1. The Bertz CT molecular complexity index is 958. The number of carbonyl (C=O) groups is 1. The molecule has 0 atom stereocenters. The minimum absolute atomic E-state index is 0.0696. The molecule has 2 aliphatic rings. The maximum Gasteiger partial charge on any atom is 0.283 e. The van der Waals surface area contributed by atoms with Gasteiger partial charge in [-0.2, -0.15) is 10.0 Å². The Morgan fingerprint density at radius 1 is 1.24 bits per heavy atom. The molecule has 1 aromatic carbocycles. The lowest BCUT2D eigenvalue weighted by molar-refractivity contribution is -0.114. The predicted octanol–water partition coefficient (Wildman–Crippen LogP) is 2.43. The van der Waals surface area contributed by atoms with Gasteiger partial charge in [0.2, 0.25) is 19.4 Å². The maximum atomic E-state index is 12.2. The quantitative estimate of drug-likeness (QED) is 0.799. The third-order valence-corrected chi connectivity index (χ3v) is 6.24. The number of amides is 1. The molecular formula is C16H16N4O3S2. The number of hydrazone groups is 1. The Hall–Kier alpha value is -2.26. The Balaban J connectivity index is 1.95. The Kier molecular flexibility index (Phi) is 4.38. The van der Waals surface area contributed by atoms with Crippen LogP contribution in [-0.4, -0.2) is 41.0 Å². The Morgan fingerprint density at radius 3 is 2.44 bits per heavy atom. The molecule has 0 radical (unpaired) electrons. The highest BCUT2D eigenvalue weighted by molar-refractivity contribution is 8.42. The van der Waals surface area contributed by atoms with E-state index in [1.54, 1.807) is 6.08 Å². The molecule has 3 rings (SSSR count). The van der Waals surface area contributed by atoms with Gasteiger partial charge >= 0.3 is 0 Å². The number of carbonyl (C=O) groups excluding carboxylic acids is 1. The van der Waals surface area contributed by atoms with Crippen molar-refractivity contribution in [2.45, 2.75) is 19.8 Å². The largest absolute Gasteiger partial charge is 0.283 e. The van der Waals surface area contributed by atoms with Crippen molar-refractivity contribution >= 4 is 49.0 Å². The molecule has 9 heteroatoms. The van der Waals surface area contributed by atoms with Gasteiger partial charge in [0.05, 0.1) is 5.57 Å². The molecule has 0 unspecified atom stereocenters. The Morgan fingerprint density at radius 2 is 1.88 bits per heavy atom. The number of hydrogen-bond donors (Lipinski definition) is 1. The number of aliphatic imine (C=N–C) groups is 1. The summed E-state index contributed by atoms with van der Waals surface area (Å²) in [5, 5.41) is 13.3. The number of nitrogens with zero attached hydrogens (tertiary/aromatic N) is 3. The summed E-state index contributed by atoms with van der Waals surface area (Å²) in [7, 11) is -3.53. The van der Waals surface area contributed by atoms with Crippen LogP contribution < -0.4 is 0 Å². The van der Waals surface area contributed by atoms with E-state index in [4.69, 9.17) is 5.41 Å². The predicted molar refractivity (Wildman–Crippen MR) is 100 cm³/mol. The first-order chi connectivity index (χ1) is 11.7. The number of fused-ring (bicyclic) bond motifs is 1. The molecule has 130 valence electrons. The highest BCUT2D eigenvalue weighted by atomic mass is 32.3. The van der Waals surface area contributed by atoms with Crippen LogP contribution in [0, 0.1) is 5.41 Å². The van der Waals surface area contributed by atoms with Crippen molar-refractivity contribution in [1.82, 2.24) is 5.01 Å². The SMILES string of the molecule is CC(C)c1ccc(/C=C2\C(=N)N3N=C(S(C)(=O)=O)SC3=NC2=O)cc1. The first-order valence-electron chi connectivity index (χ1n) is 7.47. The van der Waals surface area contributed by atoms with Gasteiger partial charge in [-0.15, -0.1) is 5.10 Å². The fourth-order valence-electron chi connectivity index (χ4n) is 2.27. The average molecular weight is 376 g/mol. The average Bonchev–Trinajstić information content (AvgIpc) is 2.96. The van der Waals surface area contributed by atoms with E-state index in [2.05, 4.69) is 23.9 Å². The van der Waals surface area contributed by atoms with E-state index in [9.17, 15) is 13.2 Å². The molecule has 0 spiro atoms. The van der Waals surface area contributed by atoms with E-state index in [0.29, 0.717) is 5.92 Å². The summed E-state index contributed by atoms with van der Waals surface area (Å²) in [6.45, 7) is 4.18. The molecule has 2 heterocycles. The standard InChI is InChI=1S/C16H16N4O3S2/c1-9(2)11-6-4-10(5-7-11)8-12-13(17)20-15(18-14(12)21)24-16(19-20)25(3,22)23/h4-9,17H,1-3H3/b12-8+,17-13?. The number of rotatable bonds is 2. The molecular weight excluding hydrogens is 360 g/mol. The molecule has 0 saturated heterocycles. The second-order valence-corrected chi connectivity index (χ2v) is 9.12. The lowest BCUT2D eigenvalue weighted by Crippen LogP contribution is -2.35. The maximum absolute atomic E-state index is 12.2. The van der Waals surface area contributed by atoms with Crippen molar-refractivity contribution in [1.29, 1.82) is 5.41 Å². The van der Waals surface area contributed by atoms with Crippen LogP contribution in [-0.2, 0) is 14.6 Å². The molecule has 0 fully saturated rings. The van der Waals surface area contributed by atoms with E-state index in [1.165, 1.54) is 5.56 Å². The van der Waals surface area contributed by atoms with Gasteiger partial charge in [0.15, 0.2) is 5.84 Å². The van der Waals surface area contributed by atoms with Crippen LogP contribution in [0.1, 0.15) is 30.9 Å². The smallest absolute Gasteiger partial charge is 0.282 e. The van der Waals surface area contributed by atoms with Gasteiger partial charge in [-0.25, -0.2) is 8.42 Å². The summed E-state index contributed by atoms with van der Waals surface area (Å²) in [4.78, 5) is 16.1. The number of thioether (sulfide) groups is 1. The van der Waals surface area contributed by atoms with E-state index < -0.39 is 15.7 Å². The fourth-order valence-corrected chi connectivity index (χ4v) is 3.95. The zero-order valence-corrected chi connectivity index (χ0v) is 15.5. The van der Waals surface area contributed by atoms with Crippen molar-refractivity contribution in [2.24, 2.45) is 10.1 Å². The number of benzene rings is 1. The summed E-state index contributed by atoms with van der Waals surface area (Å²) in [6, 6.07) is 7.67. The first kappa shape index (κ1) is 17.6. The van der Waals surface area contributed by atoms with E-state index in [0.717, 1.165) is 28.6 Å². The van der Waals surface area contributed by atoms with Gasteiger partial charge < -0.3 is 0 Å². The summed E-state index contributed by atoms with van der Waals surface area (Å²) in [6.07, 6.45) is 2.59. The normalized spacial score (nSPS) is 19.4. The molecule has 2 aliphatic heterocycles. The molecule has 1 N–H and O–H groups in total. The third-order valence-electron chi connectivity index (χ3n) is 3.67. The van der Waals surface area contributed by atoms with E-state index in [-0.39, 0.29) is 21.0 Å². The first-order valence-corrected chi connectivity index (χ1v) is 10.2. The topological polar surface area (TPSA) is 103 Å². The number of hydrogen-bond acceptors (Lipinski definition) is 6. The highest BCUT2D eigenvalue weighted by Crippen LogP contribution is 2.30. The van der Waals surface area contributed by atoms with Gasteiger partial charge in [-0.3, -0.25) is 10.2 Å². The van der Waals surface area contributed by atoms with Gasteiger partial charge in [0.1, 0.15) is 0 Å². The highest BCUT2D eigenvalue weighted by Gasteiger charge is 2.38. The molecule has 0 aromatic heterocycles. The molecule has 1 amide bonds. The van der Waals surface area contributed by atoms with Gasteiger partial charge in [0.25, 0.3) is 5.91 Å². The second kappa shape index (κ2) is 6.23. The van der Waals surface area contributed by atoms with Crippen molar-refractivity contribution < 1.29 is 13.2 Å². The van der Waals surface area contributed by atoms with Crippen LogP contribution in [0.15, 0.2) is 39.9 Å². The van der Waals surface area contributed by atoms with E-state index in [1.807, 2.05) is 24.3 Å². The van der Waals surface area contributed by atoms with Crippen LogP contribution in [0.3, 0.4) is 0 Å². The fraction of sp³-hybridized carbons (Fsp3) is 0.250. The molecule has 7 nitrogen and oxygen atoms in total. The molecule has 0 aliphatic carbocycles. The van der Waals surface area contributed by atoms with Crippen LogP contribution in [0.4, 0.5) is 0 Å². The Labute approximate surface area is 149 Å². The van der Waals surface area contributed by atoms with Gasteiger partial charge in [-0.1, -0.05) is 38.1 Å². The monoisotopic (exact) mass is 376 g/mol. The molecule has 25 heavy (non-hydrogen) atoms. The summed E-state index contributed by atoms with van der Waals surface area (Å²) < 4.78 is 23.1. The van der Waals surface area contributed by atoms with Crippen LogP contribution in [0.5, 0.6) is 0 Å². The van der Waals surface area contributed by atoms with Gasteiger partial charge in [-0.05, 0) is 34.9 Å². The van der Waals surface area contributed by atoms with Crippen molar-refractivity contribution in [2.75, 3.05) is 6.26 Å². The summed E-state index contributed by atoms with van der Waals surface area (Å²) in [5.74, 6) is -0.371. The zero-order chi connectivity index (χ0) is 18.4. The second-order valence-electron chi connectivity index (χ2n) is 5.98. The summed E-state index contributed by atoms with van der Waals surface area (Å²) in [5.41, 5.74) is 2.00. The number of amidine groups is 2. The minimum atomic E-state index is -3.53. The lowest BCUT2D eigenvalue weighted by Gasteiger charge is -2.20. The lowest BCUT2D eigenvalue weighted by atomic mass is 10.0. The van der Waals surface area contributed by atoms with Crippen molar-refractivity contribution in [3.8, 4) is 0 Å². The number of sulfone groups is 1. The van der Waals surface area contributed by atoms with Crippen molar-refractivity contribution in [3.63, 3.8) is 0 Å². The zero-order valence-electron chi connectivity index (χ0n) is 13.8. The molecule has 0 bridgehead atoms. The van der Waals surface area contributed by atoms with Crippen LogP contribution >= 0.6 is 11.8 Å². The van der Waals surface area contributed by atoms with Gasteiger partial charge in [0, 0.05) is 6.26 Å². The molecule has 1 aromatic rings. The van der Waals surface area contributed by atoms with Crippen LogP contribution in [0.25, 0.3) is 6.08 Å².